The molecule has 2 rings (SSSR count). The number of nitrogens with one attached hydrogen (secondary N) is 1. The van der Waals surface area contributed by atoms with E-state index in [0.717, 1.165) is 22.3 Å². The lowest BCUT2D eigenvalue weighted by molar-refractivity contribution is -0.138. The van der Waals surface area contributed by atoms with Gasteiger partial charge in [0.15, 0.2) is 0 Å². The largest absolute Gasteiger partial charge is 0.417 e. The lowest BCUT2D eigenvalue weighted by Gasteiger charge is -2.15. The fourth-order valence-electron chi connectivity index (χ4n) is 2.06. The molecule has 1 atom stereocenters. The summed E-state index contributed by atoms with van der Waals surface area (Å²) in [5.74, 6) is -0.405. The van der Waals surface area contributed by atoms with Crippen molar-refractivity contribution in [1.29, 1.82) is 5.26 Å². The summed E-state index contributed by atoms with van der Waals surface area (Å²) >= 11 is 4.10. The van der Waals surface area contributed by atoms with Gasteiger partial charge in [0.25, 0.3) is 0 Å². The van der Waals surface area contributed by atoms with Gasteiger partial charge in [-0.05, 0) is 44.2 Å². The Labute approximate surface area is 160 Å². The van der Waals surface area contributed by atoms with Gasteiger partial charge in [-0.15, -0.1) is 0 Å². The molecule has 0 aliphatic carbocycles. The van der Waals surface area contributed by atoms with Gasteiger partial charge in [0, 0.05) is 15.9 Å². The molecule has 136 valence electrons. The van der Waals surface area contributed by atoms with Crippen LogP contribution in [0, 0.1) is 18.3 Å². The summed E-state index contributed by atoms with van der Waals surface area (Å²) in [6.07, 6.45) is -4.67. The summed E-state index contributed by atoms with van der Waals surface area (Å²) in [6.45, 7) is 2.95. The van der Waals surface area contributed by atoms with Crippen LogP contribution >= 0.6 is 27.7 Å². The molecule has 1 amide bonds. The van der Waals surface area contributed by atoms with Crippen molar-refractivity contribution in [2.75, 3.05) is 5.32 Å². The van der Waals surface area contributed by atoms with Crippen LogP contribution in [0.2, 0.25) is 0 Å². The minimum absolute atomic E-state index is 0.113. The lowest BCUT2D eigenvalue weighted by atomic mass is 10.1. The predicted molar refractivity (Wildman–Crippen MR) is 96.8 cm³/mol. The number of alkyl halides is 3. The van der Waals surface area contributed by atoms with E-state index in [1.165, 1.54) is 13.8 Å². The quantitative estimate of drug-likeness (QED) is 0.662. The maximum atomic E-state index is 13.1. The highest BCUT2D eigenvalue weighted by atomic mass is 79.9. The second kappa shape index (κ2) is 8.10. The SMILES string of the molecule is Cc1cc(C(F)(F)F)c(C#N)c(SC(C)C(=O)Nc2ccc(Br)cc2)n1. The number of hydrogen-bond acceptors (Lipinski definition) is 4. The summed E-state index contributed by atoms with van der Waals surface area (Å²) in [6, 6.07) is 9.26. The first-order chi connectivity index (χ1) is 12.1. The maximum absolute atomic E-state index is 13.1. The van der Waals surface area contributed by atoms with Gasteiger partial charge in [0.1, 0.15) is 11.1 Å². The number of carbonyl (C=O) groups is 1. The van der Waals surface area contributed by atoms with Crippen LogP contribution in [0.15, 0.2) is 39.8 Å². The highest BCUT2D eigenvalue weighted by molar-refractivity contribution is 9.10. The fraction of sp³-hybridized carbons (Fsp3) is 0.235. The van der Waals surface area contributed by atoms with Crippen LogP contribution in [-0.2, 0) is 11.0 Å². The minimum Gasteiger partial charge on any atom is -0.325 e. The summed E-state index contributed by atoms with van der Waals surface area (Å²) in [4.78, 5) is 16.3. The maximum Gasteiger partial charge on any atom is 0.417 e. The van der Waals surface area contributed by atoms with Crippen LogP contribution in [0.1, 0.15) is 23.7 Å². The first kappa shape index (κ1) is 20.3. The van der Waals surface area contributed by atoms with E-state index in [-0.39, 0.29) is 10.7 Å². The number of aryl methyl sites for hydroxylation is 1. The third kappa shape index (κ3) is 4.99. The Morgan fingerprint density at radius 1 is 1.35 bits per heavy atom. The molecule has 1 N–H and O–H groups in total. The van der Waals surface area contributed by atoms with Crippen LogP contribution in [0.25, 0.3) is 0 Å². The fourth-order valence-corrected chi connectivity index (χ4v) is 3.29. The Morgan fingerprint density at radius 3 is 2.50 bits per heavy atom. The van der Waals surface area contributed by atoms with E-state index in [2.05, 4.69) is 26.2 Å². The number of pyridine rings is 1. The van der Waals surface area contributed by atoms with Crippen LogP contribution in [0.4, 0.5) is 18.9 Å². The molecule has 0 aliphatic rings. The lowest BCUT2D eigenvalue weighted by Crippen LogP contribution is -2.23. The Morgan fingerprint density at radius 2 is 1.96 bits per heavy atom. The normalized spacial score (nSPS) is 12.3. The molecule has 0 radical (unpaired) electrons. The molecule has 2 aromatic rings. The van der Waals surface area contributed by atoms with E-state index in [9.17, 15) is 18.0 Å². The molecule has 1 aromatic heterocycles. The molecule has 1 unspecified atom stereocenters. The number of carbonyl (C=O) groups excluding carboxylic acids is 1. The van der Waals surface area contributed by atoms with Crippen LogP contribution in [0.5, 0.6) is 0 Å². The van der Waals surface area contributed by atoms with Crippen LogP contribution in [0.3, 0.4) is 0 Å². The Hall–Kier alpha value is -2.05. The van der Waals surface area contributed by atoms with Gasteiger partial charge in [-0.2, -0.15) is 18.4 Å². The Bertz CT molecular complexity index is 863. The van der Waals surface area contributed by atoms with Crippen molar-refractivity contribution in [3.05, 3.63) is 51.6 Å². The molecule has 0 saturated heterocycles. The van der Waals surface area contributed by atoms with Crippen molar-refractivity contribution in [1.82, 2.24) is 4.98 Å². The number of aromatic nitrogens is 1. The third-order valence-electron chi connectivity index (χ3n) is 3.30. The number of nitriles is 1. The number of hydrogen-bond donors (Lipinski definition) is 1. The third-order valence-corrected chi connectivity index (χ3v) is 4.92. The van der Waals surface area contributed by atoms with E-state index in [4.69, 9.17) is 5.26 Å². The van der Waals surface area contributed by atoms with Crippen molar-refractivity contribution in [3.8, 4) is 6.07 Å². The predicted octanol–water partition coefficient (Wildman–Crippen LogP) is 5.16. The molecular weight excluding hydrogens is 431 g/mol. The van der Waals surface area contributed by atoms with E-state index in [1.807, 2.05) is 0 Å². The molecule has 26 heavy (non-hydrogen) atoms. The van der Waals surface area contributed by atoms with Gasteiger partial charge in [0.2, 0.25) is 5.91 Å². The number of anilines is 1. The summed E-state index contributed by atoms with van der Waals surface area (Å²) in [5.41, 5.74) is -0.939. The van der Waals surface area contributed by atoms with Gasteiger partial charge in [-0.3, -0.25) is 4.79 Å². The molecule has 1 aromatic carbocycles. The second-order valence-corrected chi connectivity index (χ2v) is 7.60. The first-order valence-electron chi connectivity index (χ1n) is 7.34. The molecule has 0 saturated carbocycles. The average Bonchev–Trinajstić information content (AvgIpc) is 2.55. The van der Waals surface area contributed by atoms with Gasteiger partial charge >= 0.3 is 6.18 Å². The zero-order valence-corrected chi connectivity index (χ0v) is 16.1. The van der Waals surface area contributed by atoms with E-state index in [0.29, 0.717) is 5.69 Å². The molecule has 0 spiro atoms. The van der Waals surface area contributed by atoms with Crippen molar-refractivity contribution in [2.24, 2.45) is 0 Å². The van der Waals surface area contributed by atoms with Gasteiger partial charge in [-0.1, -0.05) is 27.7 Å². The van der Waals surface area contributed by atoms with Gasteiger partial charge < -0.3 is 5.32 Å². The Balaban J connectivity index is 2.24. The van der Waals surface area contributed by atoms with Crippen molar-refractivity contribution in [3.63, 3.8) is 0 Å². The molecule has 0 fully saturated rings. The van der Waals surface area contributed by atoms with Crippen molar-refractivity contribution < 1.29 is 18.0 Å². The number of thioether (sulfide) groups is 1. The van der Waals surface area contributed by atoms with Gasteiger partial charge in [-0.25, -0.2) is 4.98 Å². The number of nitrogens with zero attached hydrogens (tertiary/aromatic N) is 2. The summed E-state index contributed by atoms with van der Waals surface area (Å²) < 4.78 is 40.3. The molecular formula is C17H13BrF3N3OS. The standard InChI is InChI=1S/C17H13BrF3N3OS/c1-9-7-14(17(19,20)21)13(8-22)16(23-9)26-10(2)15(25)24-12-5-3-11(18)4-6-12/h3-7,10H,1-2H3,(H,24,25). The monoisotopic (exact) mass is 443 g/mol. The van der Waals surface area contributed by atoms with Crippen LogP contribution < -0.4 is 5.32 Å². The molecule has 4 nitrogen and oxygen atoms in total. The van der Waals surface area contributed by atoms with E-state index in [1.54, 1.807) is 30.3 Å². The molecule has 1 heterocycles. The highest BCUT2D eigenvalue weighted by Gasteiger charge is 2.36. The number of halogens is 4. The molecule has 9 heteroatoms. The van der Waals surface area contributed by atoms with Gasteiger partial charge in [0.05, 0.1) is 16.4 Å². The van der Waals surface area contributed by atoms with E-state index >= 15 is 0 Å². The summed E-state index contributed by atoms with van der Waals surface area (Å²) in [5, 5.41) is 11.0. The number of amides is 1. The average molecular weight is 444 g/mol. The Kier molecular flexibility index (Phi) is 6.31. The first-order valence-corrected chi connectivity index (χ1v) is 9.01. The van der Waals surface area contributed by atoms with E-state index < -0.39 is 28.5 Å². The molecule has 0 aliphatic heterocycles. The van der Waals surface area contributed by atoms with Crippen molar-refractivity contribution >= 4 is 39.3 Å². The van der Waals surface area contributed by atoms with Crippen LogP contribution in [-0.4, -0.2) is 16.1 Å². The smallest absolute Gasteiger partial charge is 0.325 e. The highest BCUT2D eigenvalue weighted by Crippen LogP contribution is 2.37. The number of rotatable bonds is 4. The van der Waals surface area contributed by atoms with Crippen molar-refractivity contribution in [2.45, 2.75) is 30.3 Å². The topological polar surface area (TPSA) is 65.8 Å². The zero-order valence-electron chi connectivity index (χ0n) is 13.7. The number of benzene rings is 1. The molecule has 0 bridgehead atoms. The minimum atomic E-state index is -4.67. The second-order valence-electron chi connectivity index (χ2n) is 5.36. The zero-order chi connectivity index (χ0) is 19.5. The summed E-state index contributed by atoms with van der Waals surface area (Å²) in [7, 11) is 0.